The van der Waals surface area contributed by atoms with E-state index in [9.17, 15) is 0 Å². The number of nitrogens with one attached hydrogen (secondary N) is 1. The Hall–Kier alpha value is -0.120. The third-order valence-electron chi connectivity index (χ3n) is 2.85. The van der Waals surface area contributed by atoms with Crippen molar-refractivity contribution in [3.05, 3.63) is 0 Å². The number of hydrogen-bond donors (Lipinski definition) is 1. The molecule has 0 aliphatic carbocycles. The van der Waals surface area contributed by atoms with E-state index in [1.807, 2.05) is 0 Å². The monoisotopic (exact) mass is 200 g/mol. The van der Waals surface area contributed by atoms with E-state index in [1.165, 1.54) is 25.9 Å². The lowest BCUT2D eigenvalue weighted by molar-refractivity contribution is 0.0716. The van der Waals surface area contributed by atoms with Crippen LogP contribution in [0.4, 0.5) is 0 Å². The van der Waals surface area contributed by atoms with Gasteiger partial charge >= 0.3 is 0 Å². The summed E-state index contributed by atoms with van der Waals surface area (Å²) in [7, 11) is 2.15. The van der Waals surface area contributed by atoms with Gasteiger partial charge in [-0.3, -0.25) is 0 Å². The molecule has 0 aromatic carbocycles. The Morgan fingerprint density at radius 2 is 1.71 bits per heavy atom. The fourth-order valence-electron chi connectivity index (χ4n) is 1.59. The van der Waals surface area contributed by atoms with Crippen LogP contribution in [0.15, 0.2) is 0 Å². The number of hydrogen-bond acceptors (Lipinski definition) is 3. The summed E-state index contributed by atoms with van der Waals surface area (Å²) >= 11 is 0. The molecular formula is C11H24N2O. The molecule has 2 saturated heterocycles. The average Bonchev–Trinajstić information content (AvgIpc) is 2.21. The molecule has 0 saturated carbocycles. The molecule has 0 atom stereocenters. The van der Waals surface area contributed by atoms with Crippen LogP contribution in [-0.4, -0.2) is 51.3 Å². The van der Waals surface area contributed by atoms with Gasteiger partial charge in [0, 0.05) is 39.4 Å². The number of piperazine rings is 1. The molecule has 2 aliphatic heterocycles. The Labute approximate surface area is 87.8 Å². The van der Waals surface area contributed by atoms with Gasteiger partial charge < -0.3 is 15.0 Å². The van der Waals surface area contributed by atoms with Crippen molar-refractivity contribution in [3.63, 3.8) is 0 Å². The SMILES string of the molecule is CC1CCOCC1.CN1CCNCC1. The highest BCUT2D eigenvalue weighted by Crippen LogP contribution is 2.11. The third-order valence-corrected chi connectivity index (χ3v) is 2.85. The summed E-state index contributed by atoms with van der Waals surface area (Å²) in [6.07, 6.45) is 2.53. The lowest BCUT2D eigenvalue weighted by Crippen LogP contribution is -2.40. The summed E-state index contributed by atoms with van der Waals surface area (Å²) in [6.45, 7) is 9.00. The first-order valence-electron chi connectivity index (χ1n) is 5.76. The van der Waals surface area contributed by atoms with Crippen LogP contribution < -0.4 is 5.32 Å². The lowest BCUT2D eigenvalue weighted by Gasteiger charge is -2.21. The molecule has 0 spiro atoms. The van der Waals surface area contributed by atoms with Crippen LogP contribution in [0.3, 0.4) is 0 Å². The van der Waals surface area contributed by atoms with Gasteiger partial charge in [0.1, 0.15) is 0 Å². The zero-order valence-corrected chi connectivity index (χ0v) is 9.59. The highest BCUT2D eigenvalue weighted by molar-refractivity contribution is 4.62. The predicted octanol–water partition coefficient (Wildman–Crippen LogP) is 0.954. The van der Waals surface area contributed by atoms with Gasteiger partial charge in [0.2, 0.25) is 0 Å². The minimum absolute atomic E-state index is 0.911. The molecule has 2 fully saturated rings. The van der Waals surface area contributed by atoms with Crippen molar-refractivity contribution in [2.45, 2.75) is 19.8 Å². The minimum Gasteiger partial charge on any atom is -0.381 e. The molecule has 0 bridgehead atoms. The summed E-state index contributed by atoms with van der Waals surface area (Å²) in [5, 5.41) is 3.27. The van der Waals surface area contributed by atoms with Crippen molar-refractivity contribution >= 4 is 0 Å². The van der Waals surface area contributed by atoms with Crippen LogP contribution in [0.25, 0.3) is 0 Å². The second-order valence-electron chi connectivity index (χ2n) is 4.35. The van der Waals surface area contributed by atoms with Gasteiger partial charge in [-0.2, -0.15) is 0 Å². The molecule has 0 aromatic heterocycles. The van der Waals surface area contributed by atoms with Crippen LogP contribution in [0.1, 0.15) is 19.8 Å². The summed E-state index contributed by atoms with van der Waals surface area (Å²) in [5.74, 6) is 0.911. The zero-order valence-electron chi connectivity index (χ0n) is 9.59. The number of nitrogens with zero attached hydrogens (tertiary/aromatic N) is 1. The van der Waals surface area contributed by atoms with E-state index in [0.717, 1.165) is 32.2 Å². The van der Waals surface area contributed by atoms with Gasteiger partial charge in [0.15, 0.2) is 0 Å². The summed E-state index contributed by atoms with van der Waals surface area (Å²) < 4.78 is 5.14. The first kappa shape index (κ1) is 12.0. The third kappa shape index (κ3) is 5.58. The topological polar surface area (TPSA) is 24.5 Å². The van der Waals surface area contributed by atoms with Gasteiger partial charge in [-0.25, -0.2) is 0 Å². The highest BCUT2D eigenvalue weighted by atomic mass is 16.5. The second kappa shape index (κ2) is 7.21. The molecule has 3 heteroatoms. The van der Waals surface area contributed by atoms with Crippen molar-refractivity contribution in [2.75, 3.05) is 46.4 Å². The molecule has 3 nitrogen and oxygen atoms in total. The summed E-state index contributed by atoms with van der Waals surface area (Å²) in [5.41, 5.74) is 0. The Balaban J connectivity index is 0.000000140. The molecule has 2 aliphatic rings. The normalized spacial score (nSPS) is 25.3. The molecule has 0 radical (unpaired) electrons. The van der Waals surface area contributed by atoms with Gasteiger partial charge in [-0.15, -0.1) is 0 Å². The lowest BCUT2D eigenvalue weighted by atomic mass is 10.0. The fourth-order valence-corrected chi connectivity index (χ4v) is 1.59. The number of ether oxygens (including phenoxy) is 1. The van der Waals surface area contributed by atoms with E-state index in [4.69, 9.17) is 4.74 Å². The molecule has 0 aromatic rings. The van der Waals surface area contributed by atoms with Crippen molar-refractivity contribution in [2.24, 2.45) is 5.92 Å². The van der Waals surface area contributed by atoms with E-state index in [2.05, 4.69) is 24.2 Å². The predicted molar refractivity (Wildman–Crippen MR) is 59.6 cm³/mol. The first-order valence-corrected chi connectivity index (χ1v) is 5.76. The molecule has 1 N–H and O–H groups in total. The number of rotatable bonds is 0. The van der Waals surface area contributed by atoms with Crippen LogP contribution in [-0.2, 0) is 4.74 Å². The Morgan fingerprint density at radius 1 is 1.14 bits per heavy atom. The van der Waals surface area contributed by atoms with E-state index < -0.39 is 0 Å². The second-order valence-corrected chi connectivity index (χ2v) is 4.35. The molecule has 2 rings (SSSR count). The maximum Gasteiger partial charge on any atom is 0.0468 e. The quantitative estimate of drug-likeness (QED) is 0.630. The van der Waals surface area contributed by atoms with Gasteiger partial charge in [-0.1, -0.05) is 6.92 Å². The highest BCUT2D eigenvalue weighted by Gasteiger charge is 2.06. The van der Waals surface area contributed by atoms with Crippen molar-refractivity contribution in [1.82, 2.24) is 10.2 Å². The maximum atomic E-state index is 5.14. The summed E-state index contributed by atoms with van der Waals surface area (Å²) in [4.78, 5) is 2.33. The zero-order chi connectivity index (χ0) is 10.2. The first-order chi connectivity index (χ1) is 6.79. The molecular weight excluding hydrogens is 176 g/mol. The molecule has 0 amide bonds. The van der Waals surface area contributed by atoms with Crippen molar-refractivity contribution in [1.29, 1.82) is 0 Å². The summed E-state index contributed by atoms with van der Waals surface area (Å²) in [6, 6.07) is 0. The van der Waals surface area contributed by atoms with Crippen molar-refractivity contribution < 1.29 is 4.74 Å². The molecule has 84 valence electrons. The molecule has 0 unspecified atom stereocenters. The van der Waals surface area contributed by atoms with E-state index in [1.54, 1.807) is 0 Å². The van der Waals surface area contributed by atoms with Gasteiger partial charge in [0.05, 0.1) is 0 Å². The van der Waals surface area contributed by atoms with Gasteiger partial charge in [0.25, 0.3) is 0 Å². The Morgan fingerprint density at radius 3 is 2.00 bits per heavy atom. The Bertz CT molecular complexity index is 113. The fraction of sp³-hybridized carbons (Fsp3) is 1.00. The van der Waals surface area contributed by atoms with E-state index in [0.29, 0.717) is 0 Å². The maximum absolute atomic E-state index is 5.14. The Kier molecular flexibility index (Phi) is 6.15. The minimum atomic E-state index is 0.911. The van der Waals surface area contributed by atoms with Crippen LogP contribution in [0.2, 0.25) is 0 Å². The van der Waals surface area contributed by atoms with Crippen molar-refractivity contribution in [3.8, 4) is 0 Å². The smallest absolute Gasteiger partial charge is 0.0468 e. The largest absolute Gasteiger partial charge is 0.381 e. The van der Waals surface area contributed by atoms with E-state index >= 15 is 0 Å². The standard InChI is InChI=1S/C6H12O.C5H12N2/c1-6-2-4-7-5-3-6;1-7-4-2-6-3-5-7/h2*6H,2-5H2,1H3. The van der Waals surface area contributed by atoms with Crippen LogP contribution >= 0.6 is 0 Å². The number of likely N-dealkylation sites (N-methyl/N-ethyl adjacent to an activating group) is 1. The van der Waals surface area contributed by atoms with Crippen LogP contribution in [0, 0.1) is 5.92 Å². The van der Waals surface area contributed by atoms with E-state index in [-0.39, 0.29) is 0 Å². The molecule has 2 heterocycles. The van der Waals surface area contributed by atoms with Gasteiger partial charge in [-0.05, 0) is 25.8 Å². The average molecular weight is 200 g/mol. The van der Waals surface area contributed by atoms with Crippen LogP contribution in [0.5, 0.6) is 0 Å². The molecule has 14 heavy (non-hydrogen) atoms.